The number of aromatic hydroxyl groups is 1. The van der Waals surface area contributed by atoms with Gasteiger partial charge in [0.05, 0.1) is 0 Å². The van der Waals surface area contributed by atoms with E-state index in [0.29, 0.717) is 5.75 Å². The maximum atomic E-state index is 11.2. The topological polar surface area (TPSA) is 50.9 Å². The Balaban J connectivity index is 1.59. The van der Waals surface area contributed by atoms with E-state index in [0.717, 1.165) is 41.5 Å². The van der Waals surface area contributed by atoms with Crippen LogP contribution in [0.2, 0.25) is 0 Å². The van der Waals surface area contributed by atoms with Gasteiger partial charge >= 0.3 is 0 Å². The highest BCUT2D eigenvalue weighted by Gasteiger charge is 2.15. The second kappa shape index (κ2) is 17.2. The number of aromatic nitrogens is 3. The molecule has 1 N–H and O–H groups in total. The van der Waals surface area contributed by atoms with Crippen LogP contribution in [-0.2, 0) is 12.8 Å². The average molecular weight is 506 g/mol. The summed E-state index contributed by atoms with van der Waals surface area (Å²) >= 11 is 0. The number of benzene rings is 2. The van der Waals surface area contributed by atoms with Crippen molar-refractivity contribution < 1.29 is 5.11 Å². The van der Waals surface area contributed by atoms with Crippen molar-refractivity contribution in [2.75, 3.05) is 0 Å². The molecule has 0 amide bonds. The second-order valence-corrected chi connectivity index (χ2v) is 10.9. The number of hydrogen-bond donors (Lipinski definition) is 1. The molecule has 3 aromatic rings. The van der Waals surface area contributed by atoms with Crippen LogP contribution < -0.4 is 0 Å². The summed E-state index contributed by atoms with van der Waals surface area (Å²) < 4.78 is 0. The van der Waals surface area contributed by atoms with Gasteiger partial charge in [0, 0.05) is 0 Å². The normalized spacial score (nSPS) is 11.5. The van der Waals surface area contributed by atoms with Crippen LogP contribution in [0.3, 0.4) is 0 Å². The molecule has 2 aromatic carbocycles. The van der Waals surface area contributed by atoms with E-state index in [4.69, 9.17) is 0 Å². The summed E-state index contributed by atoms with van der Waals surface area (Å²) in [4.78, 5) is 1.64. The molecular formula is C33H51N3O. The van der Waals surface area contributed by atoms with Gasteiger partial charge in [-0.25, -0.2) is 0 Å². The van der Waals surface area contributed by atoms with E-state index in [1.807, 2.05) is 24.3 Å². The van der Waals surface area contributed by atoms with Gasteiger partial charge in [-0.3, -0.25) is 0 Å². The number of fused-ring (bicyclic) bond motifs is 1. The lowest BCUT2D eigenvalue weighted by molar-refractivity contribution is 0.458. The predicted molar refractivity (Wildman–Crippen MR) is 158 cm³/mol. The first-order chi connectivity index (χ1) is 18.2. The van der Waals surface area contributed by atoms with Crippen LogP contribution in [0.1, 0.15) is 134 Å². The molecule has 0 spiro atoms. The van der Waals surface area contributed by atoms with Gasteiger partial charge in [0.25, 0.3) is 0 Å². The van der Waals surface area contributed by atoms with E-state index in [1.165, 1.54) is 108 Å². The van der Waals surface area contributed by atoms with Gasteiger partial charge < -0.3 is 5.11 Å². The molecule has 0 aliphatic heterocycles. The van der Waals surface area contributed by atoms with Crippen LogP contribution in [0.15, 0.2) is 36.4 Å². The fourth-order valence-corrected chi connectivity index (χ4v) is 5.29. The average Bonchev–Trinajstić information content (AvgIpc) is 3.34. The smallest absolute Gasteiger partial charge is 0.146 e. The van der Waals surface area contributed by atoms with Crippen molar-refractivity contribution in [1.29, 1.82) is 0 Å². The Morgan fingerprint density at radius 2 is 1.05 bits per heavy atom. The maximum Gasteiger partial charge on any atom is 0.146 e. The van der Waals surface area contributed by atoms with Gasteiger partial charge in [0.2, 0.25) is 0 Å². The Morgan fingerprint density at radius 3 is 1.57 bits per heavy atom. The van der Waals surface area contributed by atoms with E-state index in [9.17, 15) is 5.11 Å². The van der Waals surface area contributed by atoms with Crippen molar-refractivity contribution in [1.82, 2.24) is 15.0 Å². The van der Waals surface area contributed by atoms with Crippen LogP contribution in [-0.4, -0.2) is 20.1 Å². The van der Waals surface area contributed by atoms with Gasteiger partial charge in [-0.2, -0.15) is 0 Å². The van der Waals surface area contributed by atoms with E-state index >= 15 is 0 Å². The predicted octanol–water partition coefficient (Wildman–Crippen LogP) is 9.88. The number of rotatable bonds is 20. The molecule has 4 nitrogen and oxygen atoms in total. The summed E-state index contributed by atoms with van der Waals surface area (Å²) in [6, 6.07) is 12.3. The first kappa shape index (κ1) is 29.2. The Kier molecular flexibility index (Phi) is 13.6. The van der Waals surface area contributed by atoms with Crippen molar-refractivity contribution in [3.05, 3.63) is 47.5 Å². The Morgan fingerprint density at radius 1 is 0.595 bits per heavy atom. The van der Waals surface area contributed by atoms with Gasteiger partial charge in [0.15, 0.2) is 0 Å². The number of nitrogens with zero attached hydrogens (tertiary/aromatic N) is 3. The fraction of sp³-hybridized carbons (Fsp3) is 0.636. The largest absolute Gasteiger partial charge is 0.505 e. The van der Waals surface area contributed by atoms with E-state index < -0.39 is 0 Å². The first-order valence-corrected chi connectivity index (χ1v) is 15.4. The minimum atomic E-state index is 0.347. The highest BCUT2D eigenvalue weighted by atomic mass is 16.3. The zero-order valence-electron chi connectivity index (χ0n) is 23.7. The standard InChI is InChI=1S/C33H51N3O/c1-3-5-7-9-11-13-15-17-19-23-29-26-28(22-18-16-14-12-10-8-6-4-2)27-32(33(29)37)36-34-30-24-20-21-25-31(30)35-36/h20-21,24-27,37H,3-19,22-23H2,1-2H3. The molecule has 0 radical (unpaired) electrons. The molecule has 1 aromatic heterocycles. The summed E-state index contributed by atoms with van der Waals surface area (Å²) in [5.41, 5.74) is 4.79. The molecular weight excluding hydrogens is 454 g/mol. The number of phenolic OH excluding ortho intramolecular Hbond substituents is 1. The van der Waals surface area contributed by atoms with E-state index in [-0.39, 0.29) is 0 Å². The van der Waals surface area contributed by atoms with Crippen LogP contribution in [0.4, 0.5) is 0 Å². The van der Waals surface area contributed by atoms with Crippen molar-refractivity contribution in [2.24, 2.45) is 0 Å². The lowest BCUT2D eigenvalue weighted by Gasteiger charge is -2.13. The monoisotopic (exact) mass is 505 g/mol. The number of unbranched alkanes of at least 4 members (excludes halogenated alkanes) is 15. The molecule has 4 heteroatoms. The van der Waals surface area contributed by atoms with Crippen LogP contribution in [0.5, 0.6) is 5.75 Å². The summed E-state index contributed by atoms with van der Waals surface area (Å²) in [6.45, 7) is 4.55. The SMILES string of the molecule is CCCCCCCCCCCc1cc(CCCCCCCCCC)cc(-n2nc3ccccc3n2)c1O. The third-order valence-corrected chi connectivity index (χ3v) is 7.60. The molecule has 1 heterocycles. The zero-order chi connectivity index (χ0) is 26.1. The van der Waals surface area contributed by atoms with Crippen molar-refractivity contribution in [3.63, 3.8) is 0 Å². The molecule has 0 saturated heterocycles. The Hall–Kier alpha value is -2.36. The molecule has 0 unspecified atom stereocenters. The van der Waals surface area contributed by atoms with Gasteiger partial charge in [-0.15, -0.1) is 15.0 Å². The van der Waals surface area contributed by atoms with Crippen LogP contribution >= 0.6 is 0 Å². The van der Waals surface area contributed by atoms with E-state index in [1.54, 1.807) is 4.80 Å². The maximum absolute atomic E-state index is 11.2. The lowest BCUT2D eigenvalue weighted by atomic mass is 9.98. The van der Waals surface area contributed by atoms with Crippen molar-refractivity contribution in [2.45, 2.75) is 136 Å². The summed E-state index contributed by atoms with van der Waals surface area (Å²) in [7, 11) is 0. The van der Waals surface area contributed by atoms with Gasteiger partial charge in [-0.05, 0) is 55.0 Å². The molecule has 3 rings (SSSR count). The summed E-state index contributed by atoms with van der Waals surface area (Å²) in [5, 5.41) is 20.6. The van der Waals surface area contributed by atoms with E-state index in [2.05, 4.69) is 36.2 Å². The third-order valence-electron chi connectivity index (χ3n) is 7.60. The highest BCUT2D eigenvalue weighted by molar-refractivity contribution is 5.73. The minimum absolute atomic E-state index is 0.347. The van der Waals surface area contributed by atoms with Gasteiger partial charge in [-0.1, -0.05) is 128 Å². The molecule has 204 valence electrons. The molecule has 0 aliphatic rings. The molecule has 0 bridgehead atoms. The highest BCUT2D eigenvalue weighted by Crippen LogP contribution is 2.30. The summed E-state index contributed by atoms with van der Waals surface area (Å²) in [6.07, 6.45) is 24.4. The minimum Gasteiger partial charge on any atom is -0.505 e. The lowest BCUT2D eigenvalue weighted by Crippen LogP contribution is -2.03. The van der Waals surface area contributed by atoms with Crippen LogP contribution in [0.25, 0.3) is 16.7 Å². The van der Waals surface area contributed by atoms with Crippen molar-refractivity contribution in [3.8, 4) is 11.4 Å². The molecule has 0 aliphatic carbocycles. The first-order valence-electron chi connectivity index (χ1n) is 15.4. The molecule has 0 atom stereocenters. The Bertz CT molecular complexity index is 993. The number of phenols is 1. The van der Waals surface area contributed by atoms with Crippen LogP contribution in [0, 0.1) is 0 Å². The number of aryl methyl sites for hydroxylation is 2. The molecule has 37 heavy (non-hydrogen) atoms. The molecule has 0 saturated carbocycles. The van der Waals surface area contributed by atoms with Crippen molar-refractivity contribution >= 4 is 11.0 Å². The number of hydrogen-bond acceptors (Lipinski definition) is 3. The Labute approximate surface area is 225 Å². The zero-order valence-corrected chi connectivity index (χ0v) is 23.7. The van der Waals surface area contributed by atoms with Gasteiger partial charge in [0.1, 0.15) is 22.5 Å². The fourth-order valence-electron chi connectivity index (χ4n) is 5.29. The second-order valence-electron chi connectivity index (χ2n) is 10.9. The quantitative estimate of drug-likeness (QED) is 0.155. The summed E-state index contributed by atoms with van der Waals surface area (Å²) in [5.74, 6) is 0.347. The molecule has 0 fully saturated rings. The third kappa shape index (κ3) is 10.1.